The van der Waals surface area contributed by atoms with E-state index in [-0.39, 0.29) is 12.5 Å². The summed E-state index contributed by atoms with van der Waals surface area (Å²) in [6, 6.07) is 13.7. The number of hydrogen-bond donors (Lipinski definition) is 3. The lowest BCUT2D eigenvalue weighted by molar-refractivity contribution is -0.114. The molecule has 0 unspecified atom stereocenters. The monoisotopic (exact) mass is 391 g/mol. The zero-order chi connectivity index (χ0) is 20.3. The summed E-state index contributed by atoms with van der Waals surface area (Å²) in [5, 5.41) is 13.4. The predicted molar refractivity (Wildman–Crippen MR) is 114 cm³/mol. The van der Waals surface area contributed by atoms with Crippen LogP contribution in [0.15, 0.2) is 72.2 Å². The Morgan fingerprint density at radius 1 is 1.10 bits per heavy atom. The lowest BCUT2D eigenvalue weighted by Gasteiger charge is -2.11. The van der Waals surface area contributed by atoms with Gasteiger partial charge in [0, 0.05) is 31.7 Å². The smallest absolute Gasteiger partial charge is 0.246 e. The Balaban J connectivity index is 1.47. The average Bonchev–Trinajstić information content (AvgIpc) is 3.28. The highest BCUT2D eigenvalue weighted by Crippen LogP contribution is 2.08. The highest BCUT2D eigenvalue weighted by molar-refractivity contribution is 5.93. The van der Waals surface area contributed by atoms with Crippen molar-refractivity contribution in [2.75, 3.05) is 25.0 Å². The van der Waals surface area contributed by atoms with Gasteiger partial charge in [-0.15, -0.1) is 0 Å². The molecule has 3 N–H and O–H groups in total. The lowest BCUT2D eigenvalue weighted by atomic mass is 10.1. The number of pyridine rings is 1. The van der Waals surface area contributed by atoms with Gasteiger partial charge in [-0.3, -0.25) is 9.78 Å². The minimum atomic E-state index is -0.190. The predicted octanol–water partition coefficient (Wildman–Crippen LogP) is 2.00. The molecule has 1 amide bonds. The molecule has 0 saturated carbocycles. The number of anilines is 1. The largest absolute Gasteiger partial charge is 0.357 e. The molecule has 0 atom stereocenters. The van der Waals surface area contributed by atoms with Gasteiger partial charge in [-0.1, -0.05) is 12.1 Å². The van der Waals surface area contributed by atoms with Crippen LogP contribution >= 0.6 is 0 Å². The highest BCUT2D eigenvalue weighted by atomic mass is 16.1. The molecule has 150 valence electrons. The minimum absolute atomic E-state index is 0.0306. The molecule has 1 aromatic carbocycles. The average molecular weight is 391 g/mol. The van der Waals surface area contributed by atoms with Crippen LogP contribution in [-0.2, 0) is 11.2 Å². The topological polar surface area (TPSA) is 96.2 Å². The molecule has 3 rings (SSSR count). The third-order valence-corrected chi connectivity index (χ3v) is 4.08. The van der Waals surface area contributed by atoms with Gasteiger partial charge in [0.15, 0.2) is 5.96 Å². The van der Waals surface area contributed by atoms with Gasteiger partial charge in [-0.05, 0) is 49.2 Å². The van der Waals surface area contributed by atoms with E-state index in [9.17, 15) is 4.79 Å². The molecule has 0 fully saturated rings. The first-order chi connectivity index (χ1) is 14.2. The Morgan fingerprint density at radius 2 is 1.97 bits per heavy atom. The van der Waals surface area contributed by atoms with Crippen LogP contribution in [0.25, 0.3) is 5.69 Å². The summed E-state index contributed by atoms with van der Waals surface area (Å²) in [7, 11) is 0. The number of nitrogens with zero attached hydrogens (tertiary/aromatic N) is 4. The van der Waals surface area contributed by atoms with E-state index < -0.39 is 0 Å². The summed E-state index contributed by atoms with van der Waals surface area (Å²) < 4.78 is 1.83. The number of rotatable bonds is 8. The molecular formula is C21H25N7O. The minimum Gasteiger partial charge on any atom is -0.357 e. The Morgan fingerprint density at radius 3 is 2.66 bits per heavy atom. The number of benzene rings is 1. The van der Waals surface area contributed by atoms with Gasteiger partial charge in [-0.25, -0.2) is 9.67 Å². The van der Waals surface area contributed by atoms with Gasteiger partial charge in [0.2, 0.25) is 5.91 Å². The van der Waals surface area contributed by atoms with E-state index in [0.29, 0.717) is 24.7 Å². The van der Waals surface area contributed by atoms with Crippen LogP contribution in [0.2, 0.25) is 0 Å². The SMILES string of the molecule is CCNC(=NCC(=O)Nc1cccnc1)NCCc1ccc(-n2cccn2)cc1. The Labute approximate surface area is 170 Å². The van der Waals surface area contributed by atoms with Crippen LogP contribution in [0.5, 0.6) is 0 Å². The van der Waals surface area contributed by atoms with Gasteiger partial charge in [0.25, 0.3) is 0 Å². The van der Waals surface area contributed by atoms with Gasteiger partial charge in [0.1, 0.15) is 6.54 Å². The van der Waals surface area contributed by atoms with Crippen molar-refractivity contribution in [1.29, 1.82) is 0 Å². The molecule has 0 spiro atoms. The third-order valence-electron chi connectivity index (χ3n) is 4.08. The van der Waals surface area contributed by atoms with E-state index in [2.05, 4.69) is 43.2 Å². The normalized spacial score (nSPS) is 11.1. The van der Waals surface area contributed by atoms with Crippen molar-refractivity contribution >= 4 is 17.6 Å². The molecule has 0 aliphatic rings. The Kier molecular flexibility index (Phi) is 7.34. The van der Waals surface area contributed by atoms with Crippen LogP contribution in [0.1, 0.15) is 12.5 Å². The fraction of sp³-hybridized carbons (Fsp3) is 0.238. The van der Waals surface area contributed by atoms with E-state index in [1.807, 2.05) is 36.0 Å². The number of guanidine groups is 1. The first-order valence-corrected chi connectivity index (χ1v) is 9.55. The zero-order valence-electron chi connectivity index (χ0n) is 16.4. The first-order valence-electron chi connectivity index (χ1n) is 9.55. The summed E-state index contributed by atoms with van der Waals surface area (Å²) in [6.07, 6.45) is 7.77. The van der Waals surface area contributed by atoms with Crippen molar-refractivity contribution < 1.29 is 4.79 Å². The maximum absolute atomic E-state index is 12.0. The van der Waals surface area contributed by atoms with Gasteiger partial charge < -0.3 is 16.0 Å². The Bertz CT molecular complexity index is 906. The fourth-order valence-corrected chi connectivity index (χ4v) is 2.69. The molecule has 2 aromatic heterocycles. The standard InChI is InChI=1S/C21H25N7O/c1-2-23-21(25-16-20(29)27-18-5-3-11-22-15-18)24-13-10-17-6-8-19(9-7-17)28-14-4-12-26-28/h3-9,11-12,14-15H,2,10,13,16H2,1H3,(H,27,29)(H2,23,24,25). The number of nitrogens with one attached hydrogen (secondary N) is 3. The first kappa shape index (κ1) is 20.1. The maximum Gasteiger partial charge on any atom is 0.246 e. The molecule has 8 nitrogen and oxygen atoms in total. The quantitative estimate of drug-likeness (QED) is 0.403. The number of aliphatic imine (C=N–C) groups is 1. The van der Waals surface area contributed by atoms with Crippen molar-refractivity contribution in [3.63, 3.8) is 0 Å². The second-order valence-corrected chi connectivity index (χ2v) is 6.28. The molecule has 3 aromatic rings. The van der Waals surface area contributed by atoms with E-state index >= 15 is 0 Å². The van der Waals surface area contributed by atoms with Crippen molar-refractivity contribution in [3.05, 3.63) is 72.8 Å². The third kappa shape index (κ3) is 6.46. The van der Waals surface area contributed by atoms with E-state index in [1.165, 1.54) is 5.56 Å². The highest BCUT2D eigenvalue weighted by Gasteiger charge is 2.04. The second-order valence-electron chi connectivity index (χ2n) is 6.28. The van der Waals surface area contributed by atoms with Crippen LogP contribution in [0.3, 0.4) is 0 Å². The van der Waals surface area contributed by atoms with Crippen LogP contribution in [0.4, 0.5) is 5.69 Å². The number of hydrogen-bond acceptors (Lipinski definition) is 4. The molecule has 0 radical (unpaired) electrons. The molecule has 8 heteroatoms. The van der Waals surface area contributed by atoms with Gasteiger partial charge in [-0.2, -0.15) is 5.10 Å². The Hall–Kier alpha value is -3.68. The van der Waals surface area contributed by atoms with Crippen LogP contribution in [-0.4, -0.2) is 46.3 Å². The van der Waals surface area contributed by atoms with Crippen molar-refractivity contribution in [2.24, 2.45) is 4.99 Å². The van der Waals surface area contributed by atoms with Crippen molar-refractivity contribution in [1.82, 2.24) is 25.4 Å². The second kappa shape index (κ2) is 10.6. The maximum atomic E-state index is 12.0. The number of carbonyl (C=O) groups is 1. The summed E-state index contributed by atoms with van der Waals surface area (Å²) in [5.41, 5.74) is 2.89. The molecule has 29 heavy (non-hydrogen) atoms. The van der Waals surface area contributed by atoms with Crippen LogP contribution < -0.4 is 16.0 Å². The molecule has 0 saturated heterocycles. The van der Waals surface area contributed by atoms with Crippen molar-refractivity contribution in [3.8, 4) is 5.69 Å². The van der Waals surface area contributed by atoms with E-state index in [1.54, 1.807) is 30.7 Å². The van der Waals surface area contributed by atoms with Crippen molar-refractivity contribution in [2.45, 2.75) is 13.3 Å². The molecule has 0 bridgehead atoms. The van der Waals surface area contributed by atoms with E-state index in [0.717, 1.165) is 12.1 Å². The lowest BCUT2D eigenvalue weighted by Crippen LogP contribution is -2.39. The van der Waals surface area contributed by atoms with Gasteiger partial charge >= 0.3 is 0 Å². The summed E-state index contributed by atoms with van der Waals surface area (Å²) in [6.45, 7) is 3.44. The fourth-order valence-electron chi connectivity index (χ4n) is 2.69. The van der Waals surface area contributed by atoms with E-state index in [4.69, 9.17) is 0 Å². The van der Waals surface area contributed by atoms with Crippen LogP contribution in [0, 0.1) is 0 Å². The molecular weight excluding hydrogens is 366 g/mol. The summed E-state index contributed by atoms with van der Waals surface area (Å²) >= 11 is 0. The number of aromatic nitrogens is 3. The molecule has 0 aliphatic carbocycles. The number of amides is 1. The summed E-state index contributed by atoms with van der Waals surface area (Å²) in [5.74, 6) is 0.423. The summed E-state index contributed by atoms with van der Waals surface area (Å²) in [4.78, 5) is 20.3. The number of carbonyl (C=O) groups excluding carboxylic acids is 1. The molecule has 2 heterocycles. The molecule has 0 aliphatic heterocycles. The van der Waals surface area contributed by atoms with Gasteiger partial charge in [0.05, 0.1) is 17.6 Å². The zero-order valence-corrected chi connectivity index (χ0v) is 16.4.